The van der Waals surface area contributed by atoms with Crippen LogP contribution in [0, 0.1) is 0 Å². The number of hydrogen-bond donors (Lipinski definition) is 6. The van der Waals surface area contributed by atoms with Crippen LogP contribution in [-0.2, 0) is 32.7 Å². The fourth-order valence-electron chi connectivity index (χ4n) is 6.18. The van der Waals surface area contributed by atoms with E-state index in [1.54, 1.807) is 0 Å². The summed E-state index contributed by atoms with van der Waals surface area (Å²) in [5, 5.41) is 50.1. The van der Waals surface area contributed by atoms with Crippen LogP contribution in [0.4, 0.5) is 0 Å². The molecular weight excluding hydrogens is 852 g/mol. The molecule has 8 atom stereocenters. The highest BCUT2D eigenvalue weighted by molar-refractivity contribution is 7.47. The van der Waals surface area contributed by atoms with Crippen LogP contribution in [0.2, 0.25) is 0 Å². The number of rotatable bonds is 36. The van der Waals surface area contributed by atoms with Crippen molar-refractivity contribution in [3.8, 4) is 0 Å². The molecule has 1 saturated carbocycles. The van der Waals surface area contributed by atoms with E-state index in [0.717, 1.165) is 89.9 Å². The Kier molecular flexibility index (Phi) is 35.9. The van der Waals surface area contributed by atoms with Crippen LogP contribution in [0.5, 0.6) is 0 Å². The van der Waals surface area contributed by atoms with E-state index in [9.17, 15) is 44.6 Å². The first-order chi connectivity index (χ1) is 31.4. The Hall–Kier alpha value is -3.75. The minimum atomic E-state index is -5.15. The van der Waals surface area contributed by atoms with Gasteiger partial charge in [0.1, 0.15) is 43.2 Å². The first-order valence-electron chi connectivity index (χ1n) is 23.4. The molecule has 0 aromatic heterocycles. The molecule has 0 spiro atoms. The summed E-state index contributed by atoms with van der Waals surface area (Å²) in [6.45, 7) is 2.96. The van der Waals surface area contributed by atoms with Crippen LogP contribution < -0.4 is 0 Å². The van der Waals surface area contributed by atoms with Gasteiger partial charge in [0, 0.05) is 12.8 Å². The summed E-state index contributed by atoms with van der Waals surface area (Å²) in [5.74, 6) is -1.19. The lowest BCUT2D eigenvalue weighted by atomic mass is 9.85. The molecule has 65 heavy (non-hydrogen) atoms. The Morgan fingerprint density at radius 2 is 0.908 bits per heavy atom. The molecule has 0 amide bonds. The fourth-order valence-corrected chi connectivity index (χ4v) is 7.15. The van der Waals surface area contributed by atoms with Crippen molar-refractivity contribution in [3.05, 3.63) is 122 Å². The van der Waals surface area contributed by atoms with E-state index in [-0.39, 0.29) is 12.8 Å². The number of unbranched alkanes of at least 4 members (excludes halogenated alkanes) is 7. The van der Waals surface area contributed by atoms with Gasteiger partial charge in [-0.2, -0.15) is 0 Å². The first-order valence-corrected chi connectivity index (χ1v) is 24.9. The van der Waals surface area contributed by atoms with E-state index >= 15 is 0 Å². The van der Waals surface area contributed by atoms with Crippen LogP contribution in [0.1, 0.15) is 129 Å². The predicted octanol–water partition coefficient (Wildman–Crippen LogP) is 9.39. The molecule has 0 bridgehead atoms. The van der Waals surface area contributed by atoms with Crippen LogP contribution in [0.3, 0.4) is 0 Å². The number of phosphoric ester groups is 1. The fraction of sp³-hybridized carbons (Fsp3) is 0.569. The molecule has 13 nitrogen and oxygen atoms in total. The summed E-state index contributed by atoms with van der Waals surface area (Å²) in [5.41, 5.74) is 0. The average Bonchev–Trinajstić information content (AvgIpc) is 3.29. The van der Waals surface area contributed by atoms with Gasteiger partial charge in [-0.1, -0.05) is 155 Å². The van der Waals surface area contributed by atoms with Crippen molar-refractivity contribution >= 4 is 19.8 Å². The Labute approximate surface area is 388 Å². The van der Waals surface area contributed by atoms with Gasteiger partial charge in [-0.3, -0.25) is 18.6 Å². The molecule has 0 radical (unpaired) electrons. The zero-order valence-electron chi connectivity index (χ0n) is 38.7. The number of carbonyl (C=O) groups is 2. The monoisotopic (exact) mass is 931 g/mol. The third-order valence-corrected chi connectivity index (χ3v) is 10.9. The first kappa shape index (κ1) is 59.3. The molecular formula is C51H79O13P. The standard InChI is InChI=1S/C51H79O13P/c1-3-5-7-9-11-13-15-17-18-19-20-21-22-23-24-25-26-28-29-31-33-35-37-39-44(52)61-41-43(42-62-65(59,60)64-51-49(57)47(55)46(54)48(56)50(51)58)63-45(53)40-38-36-34-32-30-27-16-14-12-10-8-6-4-2/h5-8,10-14,16-18,20-21,23-24,26-28,30,43,46-51,54-58H,3-4,9,15,19,22,25,29,31-42H2,1-2H3,(H,59,60)/b7-5+,8-6+,12-10+,13-11+,16-14+,18-17+,21-20+,24-23+,28-26+,30-27+/t43?,46?,47-,48?,49?,50?,51?/m0/s1. The zero-order chi connectivity index (χ0) is 47.8. The number of esters is 2. The quantitative estimate of drug-likeness (QED) is 0.0114. The van der Waals surface area contributed by atoms with E-state index in [4.69, 9.17) is 18.5 Å². The number of aliphatic hydroxyl groups excluding tert-OH is 5. The number of carbonyl (C=O) groups excluding carboxylic acids is 2. The van der Waals surface area contributed by atoms with Gasteiger partial charge in [0.2, 0.25) is 0 Å². The highest BCUT2D eigenvalue weighted by atomic mass is 31.2. The summed E-state index contributed by atoms with van der Waals surface area (Å²) in [4.78, 5) is 35.7. The van der Waals surface area contributed by atoms with Crippen molar-refractivity contribution in [2.24, 2.45) is 0 Å². The zero-order valence-corrected chi connectivity index (χ0v) is 39.6. The summed E-state index contributed by atoms with van der Waals surface area (Å²) in [6.07, 6.45) is 42.6. The lowest BCUT2D eigenvalue weighted by molar-refractivity contribution is -0.220. The van der Waals surface area contributed by atoms with E-state index in [1.807, 2.05) is 42.5 Å². The van der Waals surface area contributed by atoms with Gasteiger partial charge >= 0.3 is 19.8 Å². The topological polar surface area (TPSA) is 210 Å². The smallest absolute Gasteiger partial charge is 0.462 e. The molecule has 6 N–H and O–H groups in total. The third kappa shape index (κ3) is 31.7. The molecule has 0 heterocycles. The van der Waals surface area contributed by atoms with Crippen molar-refractivity contribution in [1.29, 1.82) is 0 Å². The molecule has 14 heteroatoms. The Balaban J connectivity index is 2.47. The van der Waals surface area contributed by atoms with Gasteiger partial charge in [-0.25, -0.2) is 4.57 Å². The van der Waals surface area contributed by atoms with Gasteiger partial charge in [0.25, 0.3) is 0 Å². The lowest BCUT2D eigenvalue weighted by Crippen LogP contribution is -2.64. The van der Waals surface area contributed by atoms with Crippen molar-refractivity contribution in [2.75, 3.05) is 13.2 Å². The maximum atomic E-state index is 12.8. The van der Waals surface area contributed by atoms with Gasteiger partial charge in [-0.15, -0.1) is 0 Å². The largest absolute Gasteiger partial charge is 0.472 e. The van der Waals surface area contributed by atoms with E-state index < -0.39 is 75.7 Å². The second-order valence-corrected chi connectivity index (χ2v) is 17.0. The molecule has 0 aromatic carbocycles. The van der Waals surface area contributed by atoms with Gasteiger partial charge in [0.05, 0.1) is 6.61 Å². The summed E-state index contributed by atoms with van der Waals surface area (Å²) >= 11 is 0. The predicted molar refractivity (Wildman–Crippen MR) is 257 cm³/mol. The number of phosphoric acid groups is 1. The summed E-state index contributed by atoms with van der Waals surface area (Å²) < 4.78 is 33.4. The molecule has 1 aliphatic carbocycles. The minimum absolute atomic E-state index is 0.0363. The van der Waals surface area contributed by atoms with Crippen molar-refractivity contribution in [2.45, 2.75) is 172 Å². The second kappa shape index (κ2) is 39.4. The number of aliphatic hydroxyl groups is 5. The van der Waals surface area contributed by atoms with Gasteiger partial charge in [-0.05, 0) is 83.5 Å². The molecule has 1 fully saturated rings. The molecule has 0 saturated heterocycles. The molecule has 1 aliphatic rings. The van der Waals surface area contributed by atoms with Gasteiger partial charge < -0.3 is 39.9 Å². The third-order valence-electron chi connectivity index (χ3n) is 9.89. The maximum absolute atomic E-state index is 12.8. The van der Waals surface area contributed by atoms with Crippen molar-refractivity contribution in [1.82, 2.24) is 0 Å². The van der Waals surface area contributed by atoms with E-state index in [1.165, 1.54) is 0 Å². The average molecular weight is 931 g/mol. The number of allylic oxidation sites excluding steroid dienone is 20. The van der Waals surface area contributed by atoms with Crippen LogP contribution in [-0.4, -0.2) is 98.3 Å². The highest BCUT2D eigenvalue weighted by Crippen LogP contribution is 2.47. The molecule has 1 rings (SSSR count). The van der Waals surface area contributed by atoms with E-state index in [0.29, 0.717) is 12.8 Å². The minimum Gasteiger partial charge on any atom is -0.462 e. The number of hydrogen-bond acceptors (Lipinski definition) is 12. The van der Waals surface area contributed by atoms with Crippen LogP contribution in [0.15, 0.2) is 122 Å². The lowest BCUT2D eigenvalue weighted by Gasteiger charge is -2.41. The molecule has 0 aromatic rings. The maximum Gasteiger partial charge on any atom is 0.472 e. The SMILES string of the molecule is CC/C=C/C=C/C=C/C=C/CCCCCC(=O)OC(COC(=O)CCCCCC/C=C/C/C=C/C/C=C/C/C=C/C/C=C/C/C=C/CC)COP(=O)(O)OC1C(O)C(O)C(O)[C@H](O)C1O. The summed E-state index contributed by atoms with van der Waals surface area (Å²) in [6, 6.07) is 0. The number of ether oxygens (including phenoxy) is 2. The van der Waals surface area contributed by atoms with Crippen molar-refractivity contribution < 1.29 is 63.1 Å². The second-order valence-electron chi connectivity index (χ2n) is 15.6. The summed E-state index contributed by atoms with van der Waals surface area (Å²) in [7, 11) is -5.15. The molecule has 7 unspecified atom stereocenters. The van der Waals surface area contributed by atoms with Crippen LogP contribution in [0.25, 0.3) is 0 Å². The Morgan fingerprint density at radius 1 is 0.492 bits per heavy atom. The Morgan fingerprint density at radius 3 is 1.45 bits per heavy atom. The normalized spacial score (nSPS) is 22.5. The molecule has 366 valence electrons. The van der Waals surface area contributed by atoms with Crippen molar-refractivity contribution in [3.63, 3.8) is 0 Å². The molecule has 0 aliphatic heterocycles. The highest BCUT2D eigenvalue weighted by Gasteiger charge is 2.51. The Bertz CT molecular complexity index is 1590. The van der Waals surface area contributed by atoms with Gasteiger partial charge in [0.15, 0.2) is 6.10 Å². The van der Waals surface area contributed by atoms with Crippen LogP contribution >= 0.6 is 7.82 Å². The van der Waals surface area contributed by atoms with E-state index in [2.05, 4.69) is 92.8 Å².